The molecule has 1 aromatic carbocycles. The van der Waals surface area contributed by atoms with Crippen LogP contribution >= 0.6 is 0 Å². The van der Waals surface area contributed by atoms with Crippen molar-refractivity contribution in [1.29, 1.82) is 0 Å². The molecule has 1 N–H and O–H groups in total. The number of hydrogen-bond donors (Lipinski definition) is 1. The van der Waals surface area contributed by atoms with E-state index >= 15 is 0 Å². The fourth-order valence-corrected chi connectivity index (χ4v) is 3.63. The largest absolute Gasteiger partial charge is 0.353 e. The lowest BCUT2D eigenvalue weighted by Crippen LogP contribution is -2.47. The lowest BCUT2D eigenvalue weighted by molar-refractivity contribution is 0.634. The zero-order valence-corrected chi connectivity index (χ0v) is 16.7. The van der Waals surface area contributed by atoms with E-state index in [2.05, 4.69) is 63.2 Å². The summed E-state index contributed by atoms with van der Waals surface area (Å²) >= 11 is 0. The lowest BCUT2D eigenvalue weighted by atomic mass is 10.1. The van der Waals surface area contributed by atoms with Crippen molar-refractivity contribution in [3.63, 3.8) is 0 Å². The quantitative estimate of drug-likeness (QED) is 0.748. The third-order valence-electron chi connectivity index (χ3n) is 4.87. The summed E-state index contributed by atoms with van der Waals surface area (Å²) in [6, 6.07) is 14.5. The smallest absolute Gasteiger partial charge is 0.227 e. The van der Waals surface area contributed by atoms with Crippen LogP contribution in [-0.4, -0.2) is 41.1 Å². The molecule has 0 unspecified atom stereocenters. The molecule has 6 nitrogen and oxygen atoms in total. The monoisotopic (exact) mass is 374 g/mol. The summed E-state index contributed by atoms with van der Waals surface area (Å²) in [5.41, 5.74) is 4.49. The van der Waals surface area contributed by atoms with Crippen LogP contribution in [0, 0.1) is 20.8 Å². The van der Waals surface area contributed by atoms with E-state index in [0.29, 0.717) is 0 Å². The summed E-state index contributed by atoms with van der Waals surface area (Å²) in [6.45, 7) is 9.81. The molecule has 0 bridgehead atoms. The Bertz CT molecular complexity index is 928. The van der Waals surface area contributed by atoms with Gasteiger partial charge in [-0.2, -0.15) is 4.98 Å². The van der Waals surface area contributed by atoms with Crippen molar-refractivity contribution in [1.82, 2.24) is 15.0 Å². The highest BCUT2D eigenvalue weighted by atomic mass is 15.3. The Morgan fingerprint density at radius 3 is 2.21 bits per heavy atom. The van der Waals surface area contributed by atoms with Crippen LogP contribution < -0.4 is 15.1 Å². The van der Waals surface area contributed by atoms with Crippen LogP contribution in [0.5, 0.6) is 0 Å². The summed E-state index contributed by atoms with van der Waals surface area (Å²) in [5.74, 6) is 2.65. The number of pyridine rings is 1. The second kappa shape index (κ2) is 7.84. The molecule has 1 aliphatic heterocycles. The van der Waals surface area contributed by atoms with E-state index < -0.39 is 0 Å². The number of nitrogens with zero attached hydrogens (tertiary/aromatic N) is 5. The lowest BCUT2D eigenvalue weighted by Gasteiger charge is -2.35. The molecule has 0 atom stereocenters. The molecule has 1 aliphatic rings. The van der Waals surface area contributed by atoms with Gasteiger partial charge in [0.2, 0.25) is 5.95 Å². The molecule has 3 heterocycles. The van der Waals surface area contributed by atoms with E-state index in [0.717, 1.165) is 55.1 Å². The van der Waals surface area contributed by atoms with E-state index in [-0.39, 0.29) is 0 Å². The Balaban J connectivity index is 1.48. The Morgan fingerprint density at radius 2 is 1.54 bits per heavy atom. The maximum atomic E-state index is 4.78. The standard InChI is InChI=1S/C22H26N6/c1-16-12-17(2)14-19(13-16)25-20-15-18(3)24-22(26-20)28-10-8-27(9-11-28)21-6-4-5-7-23-21/h4-7,12-15H,8-11H2,1-3H3,(H,24,25,26). The second-order valence-electron chi connectivity index (χ2n) is 7.36. The van der Waals surface area contributed by atoms with Gasteiger partial charge in [-0.1, -0.05) is 12.1 Å². The predicted molar refractivity (Wildman–Crippen MR) is 115 cm³/mol. The highest BCUT2D eigenvalue weighted by Crippen LogP contribution is 2.22. The molecule has 0 radical (unpaired) electrons. The minimum atomic E-state index is 0.785. The van der Waals surface area contributed by atoms with Crippen molar-refractivity contribution in [3.05, 3.63) is 65.5 Å². The molecule has 0 amide bonds. The first-order valence-corrected chi connectivity index (χ1v) is 9.69. The molecule has 3 aromatic rings. The van der Waals surface area contributed by atoms with Crippen molar-refractivity contribution in [2.45, 2.75) is 20.8 Å². The van der Waals surface area contributed by atoms with E-state index in [9.17, 15) is 0 Å². The SMILES string of the molecule is Cc1cc(C)cc(Nc2cc(C)nc(N3CCN(c4ccccn4)CC3)n2)c1. The second-order valence-corrected chi connectivity index (χ2v) is 7.36. The number of aryl methyl sites for hydroxylation is 3. The number of anilines is 4. The number of rotatable bonds is 4. The molecule has 4 rings (SSSR count). The van der Waals surface area contributed by atoms with Crippen molar-refractivity contribution >= 4 is 23.3 Å². The van der Waals surface area contributed by atoms with Crippen molar-refractivity contribution in [2.24, 2.45) is 0 Å². The molecule has 0 saturated carbocycles. The van der Waals surface area contributed by atoms with Gasteiger partial charge in [-0.05, 0) is 56.2 Å². The summed E-state index contributed by atoms with van der Waals surface area (Å²) in [5, 5.41) is 3.44. The number of piperazine rings is 1. The maximum absolute atomic E-state index is 4.78. The molecule has 28 heavy (non-hydrogen) atoms. The predicted octanol–water partition coefficient (Wildman–Crippen LogP) is 3.87. The average molecular weight is 374 g/mol. The van der Waals surface area contributed by atoms with Crippen LogP contribution in [0.15, 0.2) is 48.7 Å². The summed E-state index contributed by atoms with van der Waals surface area (Å²) in [7, 11) is 0. The van der Waals surface area contributed by atoms with Crippen molar-refractivity contribution in [2.75, 3.05) is 41.3 Å². The Morgan fingerprint density at radius 1 is 0.821 bits per heavy atom. The van der Waals surface area contributed by atoms with Crippen LogP contribution in [0.25, 0.3) is 0 Å². The molecule has 144 valence electrons. The zero-order chi connectivity index (χ0) is 19.5. The van der Waals surface area contributed by atoms with Gasteiger partial charge >= 0.3 is 0 Å². The van der Waals surface area contributed by atoms with Gasteiger partial charge < -0.3 is 15.1 Å². The van der Waals surface area contributed by atoms with Crippen molar-refractivity contribution < 1.29 is 0 Å². The third kappa shape index (κ3) is 4.22. The van der Waals surface area contributed by atoms with E-state index in [1.807, 2.05) is 31.3 Å². The highest BCUT2D eigenvalue weighted by Gasteiger charge is 2.20. The van der Waals surface area contributed by atoms with Crippen LogP contribution in [0.3, 0.4) is 0 Å². The normalized spacial score (nSPS) is 14.2. The van der Waals surface area contributed by atoms with E-state index in [1.54, 1.807) is 0 Å². The molecular formula is C22H26N6. The fourth-order valence-electron chi connectivity index (χ4n) is 3.63. The van der Waals surface area contributed by atoms with Crippen LogP contribution in [0.4, 0.5) is 23.3 Å². The third-order valence-corrected chi connectivity index (χ3v) is 4.87. The average Bonchev–Trinajstić information content (AvgIpc) is 2.67. The minimum Gasteiger partial charge on any atom is -0.353 e. The van der Waals surface area contributed by atoms with E-state index in [4.69, 9.17) is 4.98 Å². The molecule has 1 saturated heterocycles. The molecule has 1 fully saturated rings. The number of hydrogen-bond acceptors (Lipinski definition) is 6. The van der Waals surface area contributed by atoms with Crippen molar-refractivity contribution in [3.8, 4) is 0 Å². The Labute approximate surface area is 166 Å². The van der Waals surface area contributed by atoms with Gasteiger partial charge in [-0.3, -0.25) is 0 Å². The van der Waals surface area contributed by atoms with Gasteiger partial charge in [0.1, 0.15) is 11.6 Å². The summed E-state index contributed by atoms with van der Waals surface area (Å²) < 4.78 is 0. The van der Waals surface area contributed by atoms with Gasteiger partial charge in [0.15, 0.2) is 0 Å². The zero-order valence-electron chi connectivity index (χ0n) is 16.7. The van der Waals surface area contributed by atoms with Gasteiger partial charge in [0.25, 0.3) is 0 Å². The highest BCUT2D eigenvalue weighted by molar-refractivity contribution is 5.60. The molecular weight excluding hydrogens is 348 g/mol. The Kier molecular flexibility index (Phi) is 5.10. The van der Waals surface area contributed by atoms with Crippen LogP contribution in [0.2, 0.25) is 0 Å². The first kappa shape index (κ1) is 18.2. The molecule has 2 aromatic heterocycles. The number of benzene rings is 1. The van der Waals surface area contributed by atoms with Gasteiger partial charge in [-0.15, -0.1) is 0 Å². The molecule has 6 heteroatoms. The van der Waals surface area contributed by atoms with E-state index in [1.165, 1.54) is 11.1 Å². The Hall–Kier alpha value is -3.15. The number of nitrogens with one attached hydrogen (secondary N) is 1. The van der Waals surface area contributed by atoms with Gasteiger partial charge in [-0.25, -0.2) is 9.97 Å². The van der Waals surface area contributed by atoms with Crippen LogP contribution in [0.1, 0.15) is 16.8 Å². The first-order valence-electron chi connectivity index (χ1n) is 9.69. The van der Waals surface area contributed by atoms with Gasteiger partial charge in [0, 0.05) is 49.8 Å². The van der Waals surface area contributed by atoms with Gasteiger partial charge in [0.05, 0.1) is 0 Å². The molecule has 0 aliphatic carbocycles. The summed E-state index contributed by atoms with van der Waals surface area (Å²) in [4.78, 5) is 18.5. The molecule has 0 spiro atoms. The topological polar surface area (TPSA) is 57.2 Å². The number of aromatic nitrogens is 3. The fraction of sp³-hybridized carbons (Fsp3) is 0.318. The van der Waals surface area contributed by atoms with Crippen LogP contribution in [-0.2, 0) is 0 Å². The first-order chi connectivity index (χ1) is 13.6. The summed E-state index contributed by atoms with van der Waals surface area (Å²) in [6.07, 6.45) is 1.84. The minimum absolute atomic E-state index is 0.785. The maximum Gasteiger partial charge on any atom is 0.227 e.